The van der Waals surface area contributed by atoms with Crippen molar-refractivity contribution in [2.75, 3.05) is 12.4 Å². The van der Waals surface area contributed by atoms with E-state index in [2.05, 4.69) is 15.4 Å². The van der Waals surface area contributed by atoms with Crippen LogP contribution in [0.5, 0.6) is 0 Å². The van der Waals surface area contributed by atoms with Crippen LogP contribution in [0, 0.1) is 12.7 Å². The van der Waals surface area contributed by atoms with E-state index in [9.17, 15) is 4.39 Å². The van der Waals surface area contributed by atoms with Crippen molar-refractivity contribution in [2.45, 2.75) is 6.92 Å². The molecule has 92 valence electrons. The second-order valence-corrected chi connectivity index (χ2v) is 4.80. The van der Waals surface area contributed by atoms with Gasteiger partial charge in [-0.25, -0.2) is 8.91 Å². The fraction of sp³-hybridized carbons (Fsp3) is 0.167. The highest BCUT2D eigenvalue weighted by Gasteiger charge is 2.11. The van der Waals surface area contributed by atoms with Crippen LogP contribution in [0.25, 0.3) is 16.2 Å². The largest absolute Gasteiger partial charge is 0.356 e. The zero-order valence-electron chi connectivity index (χ0n) is 9.94. The summed E-state index contributed by atoms with van der Waals surface area (Å²) in [7, 11) is 1.78. The molecule has 3 rings (SSSR count). The second kappa shape index (κ2) is 4.06. The fourth-order valence-corrected chi connectivity index (χ4v) is 2.62. The van der Waals surface area contributed by atoms with E-state index in [0.29, 0.717) is 11.5 Å². The van der Waals surface area contributed by atoms with Gasteiger partial charge in [0.15, 0.2) is 0 Å². The number of aromatic nitrogens is 3. The number of rotatable bonds is 2. The monoisotopic (exact) mass is 262 g/mol. The Bertz CT molecular complexity index is 716. The molecule has 0 radical (unpaired) electrons. The highest BCUT2D eigenvalue weighted by atomic mass is 32.1. The van der Waals surface area contributed by atoms with Gasteiger partial charge in [-0.1, -0.05) is 0 Å². The lowest BCUT2D eigenvalue weighted by molar-refractivity contribution is 0.618. The molecular formula is C12H11FN4S. The first-order chi connectivity index (χ1) is 8.69. The van der Waals surface area contributed by atoms with Gasteiger partial charge in [0, 0.05) is 18.0 Å². The highest BCUT2D eigenvalue weighted by Crippen LogP contribution is 2.27. The standard InChI is InChI=1S/C12H11FN4S/c1-7-5-8(3-4-9(7)13)10-6-18-12-15-11(14-2)16-17(10)12/h3-6H,1-2H3,(H,14,16). The number of benzene rings is 1. The number of anilines is 1. The topological polar surface area (TPSA) is 42.2 Å². The highest BCUT2D eigenvalue weighted by molar-refractivity contribution is 7.15. The van der Waals surface area contributed by atoms with Crippen molar-refractivity contribution < 1.29 is 4.39 Å². The molecule has 0 atom stereocenters. The van der Waals surface area contributed by atoms with Gasteiger partial charge in [-0.15, -0.1) is 16.4 Å². The molecule has 0 amide bonds. The molecule has 0 aliphatic carbocycles. The van der Waals surface area contributed by atoms with Crippen LogP contribution in [0.4, 0.5) is 10.3 Å². The normalized spacial score (nSPS) is 11.1. The van der Waals surface area contributed by atoms with Gasteiger partial charge >= 0.3 is 0 Å². The van der Waals surface area contributed by atoms with Gasteiger partial charge in [0.1, 0.15) is 5.82 Å². The summed E-state index contributed by atoms with van der Waals surface area (Å²) in [6.45, 7) is 1.75. The minimum Gasteiger partial charge on any atom is -0.356 e. The molecule has 6 heteroatoms. The maximum absolute atomic E-state index is 13.3. The summed E-state index contributed by atoms with van der Waals surface area (Å²) in [5.41, 5.74) is 2.49. The molecule has 2 aromatic heterocycles. The van der Waals surface area contributed by atoms with E-state index in [0.717, 1.165) is 16.2 Å². The van der Waals surface area contributed by atoms with Crippen molar-refractivity contribution in [3.05, 3.63) is 35.0 Å². The van der Waals surface area contributed by atoms with Crippen LogP contribution in [0.1, 0.15) is 5.56 Å². The number of aryl methyl sites for hydroxylation is 1. The van der Waals surface area contributed by atoms with E-state index in [1.54, 1.807) is 24.6 Å². The molecule has 3 aromatic rings. The SMILES string of the molecule is CNc1nc2scc(-c3ccc(F)c(C)c3)n2n1. The molecule has 0 aliphatic heterocycles. The summed E-state index contributed by atoms with van der Waals surface area (Å²) in [6, 6.07) is 5.05. The van der Waals surface area contributed by atoms with E-state index in [4.69, 9.17) is 0 Å². The molecular weight excluding hydrogens is 251 g/mol. The maximum Gasteiger partial charge on any atom is 0.243 e. The van der Waals surface area contributed by atoms with Crippen LogP contribution in [-0.2, 0) is 0 Å². The summed E-state index contributed by atoms with van der Waals surface area (Å²) < 4.78 is 15.0. The van der Waals surface area contributed by atoms with Gasteiger partial charge in [-0.05, 0) is 30.7 Å². The lowest BCUT2D eigenvalue weighted by Crippen LogP contribution is -1.93. The smallest absolute Gasteiger partial charge is 0.243 e. The van der Waals surface area contributed by atoms with E-state index in [1.807, 2.05) is 11.4 Å². The number of hydrogen-bond donors (Lipinski definition) is 1. The number of nitrogens with zero attached hydrogens (tertiary/aromatic N) is 3. The average molecular weight is 262 g/mol. The van der Waals surface area contributed by atoms with Crippen molar-refractivity contribution in [1.82, 2.24) is 14.6 Å². The molecule has 4 nitrogen and oxygen atoms in total. The predicted octanol–water partition coefficient (Wildman–Crippen LogP) is 2.95. The second-order valence-electron chi connectivity index (χ2n) is 3.96. The molecule has 18 heavy (non-hydrogen) atoms. The zero-order valence-corrected chi connectivity index (χ0v) is 10.8. The Kier molecular flexibility index (Phi) is 2.52. The summed E-state index contributed by atoms with van der Waals surface area (Å²) in [6.07, 6.45) is 0. The molecule has 0 unspecified atom stereocenters. The molecule has 1 N–H and O–H groups in total. The van der Waals surface area contributed by atoms with E-state index in [1.165, 1.54) is 17.4 Å². The maximum atomic E-state index is 13.3. The molecule has 0 spiro atoms. The molecule has 0 saturated carbocycles. The number of halogens is 1. The van der Waals surface area contributed by atoms with Crippen molar-refractivity contribution in [3.63, 3.8) is 0 Å². The van der Waals surface area contributed by atoms with Crippen molar-refractivity contribution in [1.29, 1.82) is 0 Å². The first kappa shape index (κ1) is 11.2. The Morgan fingerprint density at radius 3 is 2.94 bits per heavy atom. The van der Waals surface area contributed by atoms with Gasteiger partial charge in [0.05, 0.1) is 5.69 Å². The number of hydrogen-bond acceptors (Lipinski definition) is 4. The van der Waals surface area contributed by atoms with Gasteiger partial charge in [0.2, 0.25) is 10.9 Å². The third kappa shape index (κ3) is 1.65. The van der Waals surface area contributed by atoms with Gasteiger partial charge in [-0.3, -0.25) is 0 Å². The zero-order chi connectivity index (χ0) is 12.7. The summed E-state index contributed by atoms with van der Waals surface area (Å²) in [5.74, 6) is 0.390. The van der Waals surface area contributed by atoms with E-state index in [-0.39, 0.29) is 5.82 Å². The first-order valence-corrected chi connectivity index (χ1v) is 6.35. The molecule has 0 bridgehead atoms. The predicted molar refractivity (Wildman–Crippen MR) is 70.5 cm³/mol. The van der Waals surface area contributed by atoms with E-state index >= 15 is 0 Å². The Balaban J connectivity index is 2.18. The average Bonchev–Trinajstić information content (AvgIpc) is 2.92. The summed E-state index contributed by atoms with van der Waals surface area (Å²) in [5, 5.41) is 9.21. The first-order valence-electron chi connectivity index (χ1n) is 5.47. The molecule has 0 aliphatic rings. The number of fused-ring (bicyclic) bond motifs is 1. The Morgan fingerprint density at radius 2 is 2.22 bits per heavy atom. The fourth-order valence-electron chi connectivity index (χ4n) is 1.79. The minimum absolute atomic E-state index is 0.195. The van der Waals surface area contributed by atoms with Gasteiger partial charge in [-0.2, -0.15) is 4.98 Å². The molecule has 0 fully saturated rings. The molecule has 2 heterocycles. The Labute approximate surface area is 107 Å². The molecule has 1 aromatic carbocycles. The van der Waals surface area contributed by atoms with Crippen molar-refractivity contribution in [2.24, 2.45) is 0 Å². The van der Waals surface area contributed by atoms with Crippen LogP contribution in [-0.4, -0.2) is 21.6 Å². The van der Waals surface area contributed by atoms with Crippen molar-refractivity contribution in [3.8, 4) is 11.3 Å². The third-order valence-electron chi connectivity index (χ3n) is 2.76. The summed E-state index contributed by atoms with van der Waals surface area (Å²) in [4.78, 5) is 5.12. The Hall–Kier alpha value is -1.95. The lowest BCUT2D eigenvalue weighted by atomic mass is 10.1. The van der Waals surface area contributed by atoms with Gasteiger partial charge < -0.3 is 5.32 Å². The third-order valence-corrected chi connectivity index (χ3v) is 3.58. The minimum atomic E-state index is -0.195. The van der Waals surface area contributed by atoms with Crippen molar-refractivity contribution >= 4 is 22.2 Å². The van der Waals surface area contributed by atoms with Crippen LogP contribution in [0.3, 0.4) is 0 Å². The van der Waals surface area contributed by atoms with Gasteiger partial charge in [0.25, 0.3) is 0 Å². The summed E-state index contributed by atoms with van der Waals surface area (Å²) >= 11 is 1.51. The van der Waals surface area contributed by atoms with Crippen LogP contribution < -0.4 is 5.32 Å². The van der Waals surface area contributed by atoms with Crippen LogP contribution >= 0.6 is 11.3 Å². The number of nitrogens with one attached hydrogen (secondary N) is 1. The Morgan fingerprint density at radius 1 is 1.39 bits per heavy atom. The number of thiazole rings is 1. The quantitative estimate of drug-likeness (QED) is 0.772. The molecule has 0 saturated heterocycles. The lowest BCUT2D eigenvalue weighted by Gasteiger charge is -2.01. The van der Waals surface area contributed by atoms with Crippen LogP contribution in [0.2, 0.25) is 0 Å². The van der Waals surface area contributed by atoms with E-state index < -0.39 is 0 Å². The van der Waals surface area contributed by atoms with Crippen LogP contribution in [0.15, 0.2) is 23.6 Å².